The molecule has 0 heterocycles. The van der Waals surface area contributed by atoms with Gasteiger partial charge in [-0.2, -0.15) is 0 Å². The molecule has 1 fully saturated rings. The summed E-state index contributed by atoms with van der Waals surface area (Å²) in [6.45, 7) is 0.583. The van der Waals surface area contributed by atoms with Crippen molar-refractivity contribution in [3.63, 3.8) is 0 Å². The molecule has 1 aliphatic rings. The van der Waals surface area contributed by atoms with Gasteiger partial charge in [0.15, 0.2) is 0 Å². The summed E-state index contributed by atoms with van der Waals surface area (Å²) in [7, 11) is 0. The molecule has 2 rings (SSSR count). The fourth-order valence-electron chi connectivity index (χ4n) is 1.93. The number of nitrogens with one attached hydrogen (secondary N) is 1. The maximum Gasteiger partial charge on any atom is 0.224 e. The minimum atomic E-state index is -0.157. The van der Waals surface area contributed by atoms with Crippen molar-refractivity contribution in [2.45, 2.75) is 31.2 Å². The maximum absolute atomic E-state index is 11.7. The molecular formula is C13H17ClN2O. The summed E-state index contributed by atoms with van der Waals surface area (Å²) in [5.74, 6) is 0.0176. The second-order valence-corrected chi connectivity index (χ2v) is 5.23. The molecule has 0 bridgehead atoms. The van der Waals surface area contributed by atoms with E-state index in [0.717, 1.165) is 18.4 Å². The Morgan fingerprint density at radius 1 is 1.35 bits per heavy atom. The molecule has 1 amide bonds. The molecule has 3 nitrogen and oxygen atoms in total. The third-order valence-electron chi connectivity index (χ3n) is 3.26. The zero-order valence-corrected chi connectivity index (χ0v) is 10.5. The van der Waals surface area contributed by atoms with Crippen molar-refractivity contribution < 1.29 is 4.79 Å². The van der Waals surface area contributed by atoms with Crippen molar-refractivity contribution in [2.24, 2.45) is 5.73 Å². The van der Waals surface area contributed by atoms with Gasteiger partial charge in [0.2, 0.25) is 5.91 Å². The Labute approximate surface area is 106 Å². The SMILES string of the molecule is NC1(CNC(=O)Cc2ccc(Cl)cc2)CCC1. The minimum Gasteiger partial charge on any atom is -0.354 e. The molecule has 1 saturated carbocycles. The first kappa shape index (κ1) is 12.4. The van der Waals surface area contributed by atoms with Crippen LogP contribution < -0.4 is 11.1 Å². The van der Waals surface area contributed by atoms with Crippen LogP contribution in [0.15, 0.2) is 24.3 Å². The molecule has 92 valence electrons. The highest BCUT2D eigenvalue weighted by molar-refractivity contribution is 6.30. The second-order valence-electron chi connectivity index (χ2n) is 4.80. The third-order valence-corrected chi connectivity index (χ3v) is 3.52. The van der Waals surface area contributed by atoms with Crippen LogP contribution in [0.2, 0.25) is 5.02 Å². The number of hydrogen-bond donors (Lipinski definition) is 2. The highest BCUT2D eigenvalue weighted by Crippen LogP contribution is 2.27. The average molecular weight is 253 g/mol. The quantitative estimate of drug-likeness (QED) is 0.860. The molecule has 1 aliphatic carbocycles. The van der Waals surface area contributed by atoms with Gasteiger partial charge in [-0.3, -0.25) is 4.79 Å². The predicted octanol–water partition coefficient (Wildman–Crippen LogP) is 1.88. The average Bonchev–Trinajstić information content (AvgIpc) is 2.27. The highest BCUT2D eigenvalue weighted by Gasteiger charge is 2.32. The lowest BCUT2D eigenvalue weighted by atomic mass is 9.78. The number of hydrogen-bond acceptors (Lipinski definition) is 2. The Hall–Kier alpha value is -1.06. The molecule has 1 aromatic rings. The normalized spacial score (nSPS) is 17.3. The number of carbonyl (C=O) groups excluding carboxylic acids is 1. The van der Waals surface area contributed by atoms with Gasteiger partial charge >= 0.3 is 0 Å². The molecule has 1 aromatic carbocycles. The van der Waals surface area contributed by atoms with Crippen molar-refractivity contribution >= 4 is 17.5 Å². The number of rotatable bonds is 4. The molecule has 0 unspecified atom stereocenters. The summed E-state index contributed by atoms with van der Waals surface area (Å²) in [5, 5.41) is 3.58. The first-order valence-corrected chi connectivity index (χ1v) is 6.25. The van der Waals surface area contributed by atoms with Crippen LogP contribution in [0.25, 0.3) is 0 Å². The van der Waals surface area contributed by atoms with Crippen molar-refractivity contribution in [3.8, 4) is 0 Å². The highest BCUT2D eigenvalue weighted by atomic mass is 35.5. The molecule has 0 aliphatic heterocycles. The Balaban J connectivity index is 1.79. The second kappa shape index (κ2) is 5.07. The lowest BCUT2D eigenvalue weighted by Gasteiger charge is -2.38. The Kier molecular flexibility index (Phi) is 3.69. The van der Waals surface area contributed by atoms with Crippen LogP contribution in [0.5, 0.6) is 0 Å². The van der Waals surface area contributed by atoms with Crippen LogP contribution in [-0.4, -0.2) is 18.0 Å². The summed E-state index contributed by atoms with van der Waals surface area (Å²) in [4.78, 5) is 11.7. The van der Waals surface area contributed by atoms with Gasteiger partial charge in [0.1, 0.15) is 0 Å². The minimum absolute atomic E-state index is 0.0176. The fraction of sp³-hybridized carbons (Fsp3) is 0.462. The van der Waals surface area contributed by atoms with Crippen LogP contribution >= 0.6 is 11.6 Å². The number of nitrogens with two attached hydrogens (primary N) is 1. The third kappa shape index (κ3) is 3.45. The number of halogens is 1. The van der Waals surface area contributed by atoms with Crippen LogP contribution in [0.1, 0.15) is 24.8 Å². The number of carbonyl (C=O) groups is 1. The van der Waals surface area contributed by atoms with Crippen LogP contribution in [0.4, 0.5) is 0 Å². The van der Waals surface area contributed by atoms with Gasteiger partial charge in [-0.05, 0) is 37.0 Å². The molecule has 0 aromatic heterocycles. The molecule has 4 heteroatoms. The van der Waals surface area contributed by atoms with Gasteiger partial charge in [-0.1, -0.05) is 23.7 Å². The van der Waals surface area contributed by atoms with E-state index in [0.29, 0.717) is 18.0 Å². The molecular weight excluding hydrogens is 236 g/mol. The van der Waals surface area contributed by atoms with E-state index in [9.17, 15) is 4.79 Å². The number of benzene rings is 1. The Morgan fingerprint density at radius 2 is 2.00 bits per heavy atom. The lowest BCUT2D eigenvalue weighted by Crippen LogP contribution is -2.55. The van der Waals surface area contributed by atoms with Crippen molar-refractivity contribution in [1.29, 1.82) is 0 Å². The van der Waals surface area contributed by atoms with E-state index in [2.05, 4.69) is 5.32 Å². The summed E-state index contributed by atoms with van der Waals surface area (Å²) in [6, 6.07) is 7.31. The molecule has 0 atom stereocenters. The topological polar surface area (TPSA) is 55.1 Å². The molecule has 0 saturated heterocycles. The Morgan fingerprint density at radius 3 is 2.53 bits per heavy atom. The van der Waals surface area contributed by atoms with Gasteiger partial charge in [0.25, 0.3) is 0 Å². The van der Waals surface area contributed by atoms with E-state index < -0.39 is 0 Å². The van der Waals surface area contributed by atoms with Crippen LogP contribution in [0.3, 0.4) is 0 Å². The summed E-state index contributed by atoms with van der Waals surface area (Å²) >= 11 is 5.78. The van der Waals surface area contributed by atoms with E-state index >= 15 is 0 Å². The zero-order valence-electron chi connectivity index (χ0n) is 9.71. The molecule has 0 spiro atoms. The summed E-state index contributed by atoms with van der Waals surface area (Å²) < 4.78 is 0. The van der Waals surface area contributed by atoms with Crippen molar-refractivity contribution in [3.05, 3.63) is 34.9 Å². The zero-order chi connectivity index (χ0) is 12.3. The maximum atomic E-state index is 11.7. The van der Waals surface area contributed by atoms with E-state index in [1.807, 2.05) is 12.1 Å². The van der Waals surface area contributed by atoms with E-state index in [4.69, 9.17) is 17.3 Å². The summed E-state index contributed by atoms with van der Waals surface area (Å²) in [5.41, 5.74) is 6.84. The number of amides is 1. The van der Waals surface area contributed by atoms with Gasteiger partial charge in [0, 0.05) is 17.1 Å². The largest absolute Gasteiger partial charge is 0.354 e. The predicted molar refractivity (Wildman–Crippen MR) is 68.9 cm³/mol. The standard InChI is InChI=1S/C13H17ClN2O/c14-11-4-2-10(3-5-11)8-12(17)16-9-13(15)6-1-7-13/h2-5H,1,6-9,15H2,(H,16,17). The van der Waals surface area contributed by atoms with Gasteiger partial charge in [0.05, 0.1) is 6.42 Å². The Bertz CT molecular complexity index is 398. The van der Waals surface area contributed by atoms with Crippen LogP contribution in [-0.2, 0) is 11.2 Å². The lowest BCUT2D eigenvalue weighted by molar-refractivity contribution is -0.120. The first-order valence-electron chi connectivity index (χ1n) is 5.87. The van der Waals surface area contributed by atoms with Gasteiger partial charge < -0.3 is 11.1 Å². The van der Waals surface area contributed by atoms with Crippen LogP contribution in [0, 0.1) is 0 Å². The van der Waals surface area contributed by atoms with E-state index in [1.54, 1.807) is 12.1 Å². The van der Waals surface area contributed by atoms with Crippen molar-refractivity contribution in [1.82, 2.24) is 5.32 Å². The monoisotopic (exact) mass is 252 g/mol. The molecule has 3 N–H and O–H groups in total. The molecule has 0 radical (unpaired) electrons. The van der Waals surface area contributed by atoms with E-state index in [1.165, 1.54) is 6.42 Å². The van der Waals surface area contributed by atoms with Gasteiger partial charge in [-0.25, -0.2) is 0 Å². The summed E-state index contributed by atoms with van der Waals surface area (Å²) in [6.07, 6.45) is 3.57. The smallest absolute Gasteiger partial charge is 0.224 e. The molecule has 17 heavy (non-hydrogen) atoms. The fourth-order valence-corrected chi connectivity index (χ4v) is 2.06. The first-order chi connectivity index (χ1) is 8.07. The van der Waals surface area contributed by atoms with Crippen molar-refractivity contribution in [2.75, 3.05) is 6.54 Å². The van der Waals surface area contributed by atoms with E-state index in [-0.39, 0.29) is 11.4 Å². The van der Waals surface area contributed by atoms with Gasteiger partial charge in [-0.15, -0.1) is 0 Å².